The van der Waals surface area contributed by atoms with E-state index in [0.717, 1.165) is 0 Å². The standard InChI is InChI=1S/4CH3.2Cd/h4*1H3;;/q4*-1;2*+2. The molecule has 0 aliphatic heterocycles. The molecule has 0 unspecified atom stereocenters. The van der Waals surface area contributed by atoms with Crippen molar-refractivity contribution >= 4 is 0 Å². The van der Waals surface area contributed by atoms with Gasteiger partial charge >= 0.3 is 54.6 Å². The van der Waals surface area contributed by atoms with Gasteiger partial charge in [-0.25, -0.2) is 0 Å². The average molecular weight is 285 g/mol. The van der Waals surface area contributed by atoms with Crippen molar-refractivity contribution in [3.8, 4) is 0 Å². The maximum Gasteiger partial charge on any atom is 2.00 e. The van der Waals surface area contributed by atoms with Gasteiger partial charge in [-0.3, -0.25) is 0 Å². The van der Waals surface area contributed by atoms with Crippen molar-refractivity contribution in [3.05, 3.63) is 29.7 Å². The maximum atomic E-state index is 0. The van der Waals surface area contributed by atoms with Gasteiger partial charge in [0.2, 0.25) is 0 Å². The van der Waals surface area contributed by atoms with Crippen LogP contribution in [0.3, 0.4) is 0 Å². The van der Waals surface area contributed by atoms with Crippen molar-refractivity contribution in [3.63, 3.8) is 0 Å². The maximum absolute atomic E-state index is 0. The first-order chi connectivity index (χ1) is 0. The summed E-state index contributed by atoms with van der Waals surface area (Å²) in [6.07, 6.45) is 0. The second-order valence-corrected chi connectivity index (χ2v) is 0. The van der Waals surface area contributed by atoms with E-state index in [1.165, 1.54) is 0 Å². The van der Waals surface area contributed by atoms with Crippen molar-refractivity contribution in [1.29, 1.82) is 0 Å². The van der Waals surface area contributed by atoms with E-state index in [-0.39, 0.29) is 84.3 Å². The summed E-state index contributed by atoms with van der Waals surface area (Å²) in [5, 5.41) is 0. The second kappa shape index (κ2) is 68.7. The Bertz CT molecular complexity index is 5.51. The molecule has 0 bridgehead atoms. The van der Waals surface area contributed by atoms with E-state index in [4.69, 9.17) is 0 Å². The predicted octanol–water partition coefficient (Wildman–Crippen LogP) is 1.80. The summed E-state index contributed by atoms with van der Waals surface area (Å²) in [7, 11) is 0. The fourth-order valence-electron chi connectivity index (χ4n) is 0. The van der Waals surface area contributed by atoms with Gasteiger partial charge in [0, 0.05) is 0 Å². The molecular weight excluding hydrogens is 273 g/mol. The summed E-state index contributed by atoms with van der Waals surface area (Å²) in [5.74, 6) is 0. The van der Waals surface area contributed by atoms with Crippen LogP contribution in [0.25, 0.3) is 0 Å². The van der Waals surface area contributed by atoms with E-state index in [0.29, 0.717) is 0 Å². The molecule has 0 nitrogen and oxygen atoms in total. The van der Waals surface area contributed by atoms with Crippen LogP contribution in [0.15, 0.2) is 0 Å². The predicted molar refractivity (Wildman–Crippen MR) is 25.7 cm³/mol. The monoisotopic (exact) mass is 288 g/mol. The van der Waals surface area contributed by atoms with Gasteiger partial charge in [-0.2, -0.15) is 0 Å². The Morgan fingerprint density at radius 1 is 0.333 bits per heavy atom. The molecule has 0 atom stereocenters. The van der Waals surface area contributed by atoms with Crippen molar-refractivity contribution < 1.29 is 54.6 Å². The molecule has 0 saturated heterocycles. The number of rotatable bonds is 0. The van der Waals surface area contributed by atoms with Gasteiger partial charge in [0.05, 0.1) is 0 Å². The van der Waals surface area contributed by atoms with E-state index in [1.807, 2.05) is 0 Å². The Balaban J connectivity index is 0. The summed E-state index contributed by atoms with van der Waals surface area (Å²) in [6.45, 7) is 0. The van der Waals surface area contributed by atoms with Gasteiger partial charge in [0.25, 0.3) is 0 Å². The van der Waals surface area contributed by atoms with Crippen LogP contribution in [0.1, 0.15) is 0 Å². The largest absolute Gasteiger partial charge is 2.00 e. The zero-order valence-corrected chi connectivity index (χ0v) is 13.5. The summed E-state index contributed by atoms with van der Waals surface area (Å²) >= 11 is 0. The molecule has 0 aromatic rings. The molecule has 0 aromatic carbocycles. The van der Waals surface area contributed by atoms with Crippen LogP contribution in [0.2, 0.25) is 0 Å². The smallest absolute Gasteiger partial charge is 0.358 e. The molecule has 0 radical (unpaired) electrons. The first-order valence-electron chi connectivity index (χ1n) is 0. The van der Waals surface area contributed by atoms with Crippen molar-refractivity contribution in [2.45, 2.75) is 0 Å². The summed E-state index contributed by atoms with van der Waals surface area (Å²) in [5.41, 5.74) is 0. The van der Waals surface area contributed by atoms with Gasteiger partial charge in [0.15, 0.2) is 0 Å². The molecule has 0 rings (SSSR count). The summed E-state index contributed by atoms with van der Waals surface area (Å²) < 4.78 is 0. The molecule has 0 aliphatic carbocycles. The first-order valence-corrected chi connectivity index (χ1v) is 0. The molecule has 0 N–H and O–H groups in total. The van der Waals surface area contributed by atoms with Crippen LogP contribution < -0.4 is 0 Å². The molecular formula is C4H12Cd2. The third-order valence-corrected chi connectivity index (χ3v) is 0. The van der Waals surface area contributed by atoms with Crippen LogP contribution in [0, 0.1) is 29.7 Å². The molecule has 0 aliphatic rings. The molecule has 0 saturated carbocycles. The molecule has 0 fully saturated rings. The molecule has 0 heterocycles. The summed E-state index contributed by atoms with van der Waals surface area (Å²) in [4.78, 5) is 0. The number of hydrogen-bond acceptors (Lipinski definition) is 0. The molecule has 0 amide bonds. The number of hydrogen-bond donors (Lipinski definition) is 0. The van der Waals surface area contributed by atoms with Gasteiger partial charge in [-0.15, -0.1) is 0 Å². The first kappa shape index (κ1) is 108. The van der Waals surface area contributed by atoms with E-state index in [2.05, 4.69) is 0 Å². The van der Waals surface area contributed by atoms with Gasteiger partial charge in [-0.1, -0.05) is 0 Å². The minimum absolute atomic E-state index is 0. The molecule has 0 aromatic heterocycles. The second-order valence-electron chi connectivity index (χ2n) is 0. The third-order valence-electron chi connectivity index (χ3n) is 0. The zero-order chi connectivity index (χ0) is 0. The van der Waals surface area contributed by atoms with Gasteiger partial charge in [0.1, 0.15) is 0 Å². The van der Waals surface area contributed by atoms with E-state index >= 15 is 0 Å². The third kappa shape index (κ3) is 40.3. The van der Waals surface area contributed by atoms with E-state index < -0.39 is 0 Å². The van der Waals surface area contributed by atoms with Crippen LogP contribution in [0.5, 0.6) is 0 Å². The molecule has 6 heavy (non-hydrogen) atoms. The Morgan fingerprint density at radius 2 is 0.333 bits per heavy atom. The van der Waals surface area contributed by atoms with Crippen LogP contribution in [0.4, 0.5) is 0 Å². The minimum Gasteiger partial charge on any atom is -0.358 e. The fraction of sp³-hybridized carbons (Fsp3) is 0. The zero-order valence-electron chi connectivity index (χ0n) is 5.41. The normalized spacial score (nSPS) is 0. The Morgan fingerprint density at radius 3 is 0.333 bits per heavy atom. The van der Waals surface area contributed by atoms with Gasteiger partial charge in [-0.05, 0) is 0 Å². The van der Waals surface area contributed by atoms with Crippen molar-refractivity contribution in [2.24, 2.45) is 0 Å². The molecule has 2 heteroatoms. The fourth-order valence-corrected chi connectivity index (χ4v) is 0. The Labute approximate surface area is 83.4 Å². The van der Waals surface area contributed by atoms with E-state index in [9.17, 15) is 0 Å². The molecule has 32 valence electrons. The Kier molecular flexibility index (Phi) is 1240. The minimum atomic E-state index is 0. The van der Waals surface area contributed by atoms with Gasteiger partial charge < -0.3 is 29.7 Å². The van der Waals surface area contributed by atoms with E-state index in [1.54, 1.807) is 0 Å². The quantitative estimate of drug-likeness (QED) is 0.470. The SMILES string of the molecule is [CH3-].[CH3-].[CH3-].[CH3-].[Cd+2].[Cd+2]. The van der Waals surface area contributed by atoms with Crippen molar-refractivity contribution in [1.82, 2.24) is 0 Å². The topological polar surface area (TPSA) is 0 Å². The van der Waals surface area contributed by atoms with Crippen molar-refractivity contribution in [2.75, 3.05) is 0 Å². The van der Waals surface area contributed by atoms with Crippen LogP contribution in [-0.4, -0.2) is 0 Å². The van der Waals surface area contributed by atoms with Crippen LogP contribution in [-0.2, 0) is 54.6 Å². The van der Waals surface area contributed by atoms with Crippen LogP contribution >= 0.6 is 0 Å². The average Bonchev–Trinajstić information content (AvgIpc) is 0. The molecule has 0 spiro atoms. The Hall–Kier alpha value is 1.84. The summed E-state index contributed by atoms with van der Waals surface area (Å²) in [6, 6.07) is 0.